The number of benzene rings is 1. The number of carbonyl (C=O) groups excluding carboxylic acids is 1. The molecule has 0 aliphatic rings. The molecule has 0 saturated carbocycles. The number of hydrogen-bond acceptors (Lipinski definition) is 3. The molecule has 1 rings (SSSR count). The van der Waals surface area contributed by atoms with Crippen molar-refractivity contribution in [2.24, 2.45) is 0 Å². The molecule has 2 N–H and O–H groups in total. The lowest BCUT2D eigenvalue weighted by atomic mass is 10.1. The molecule has 1 unspecified atom stereocenters. The Labute approximate surface area is 125 Å². The molecule has 1 amide bonds. The fourth-order valence-corrected chi connectivity index (χ4v) is 2.04. The summed E-state index contributed by atoms with van der Waals surface area (Å²) in [6, 6.07) is 6.19. The number of anilines is 1. The standard InChI is InChI=1S/C16H22N2O3/c1-4-7-14(16(20)21)17-15(19)12-8-10-13(11-9-12)18(5-2)6-3/h4,8-11,14H,1,5-7H2,2-3H3,(H,17,19)(H,20,21). The maximum absolute atomic E-state index is 12.0. The van der Waals surface area contributed by atoms with Crippen molar-refractivity contribution in [2.75, 3.05) is 18.0 Å². The van der Waals surface area contributed by atoms with Gasteiger partial charge in [0, 0.05) is 24.3 Å². The highest BCUT2D eigenvalue weighted by molar-refractivity contribution is 5.96. The van der Waals surface area contributed by atoms with Gasteiger partial charge < -0.3 is 15.3 Å². The van der Waals surface area contributed by atoms with Gasteiger partial charge in [0.1, 0.15) is 6.04 Å². The van der Waals surface area contributed by atoms with Gasteiger partial charge in [-0.05, 0) is 44.5 Å². The lowest BCUT2D eigenvalue weighted by Gasteiger charge is -2.21. The maximum atomic E-state index is 12.0. The Kier molecular flexibility index (Phi) is 6.46. The number of hydrogen-bond donors (Lipinski definition) is 2. The zero-order valence-electron chi connectivity index (χ0n) is 12.5. The predicted molar refractivity (Wildman–Crippen MR) is 83.7 cm³/mol. The quantitative estimate of drug-likeness (QED) is 0.721. The van der Waals surface area contributed by atoms with Crippen LogP contribution in [0.2, 0.25) is 0 Å². The van der Waals surface area contributed by atoms with Gasteiger partial charge in [-0.2, -0.15) is 0 Å². The van der Waals surface area contributed by atoms with Gasteiger partial charge in [0.05, 0.1) is 0 Å². The fourth-order valence-electron chi connectivity index (χ4n) is 2.04. The second-order valence-electron chi connectivity index (χ2n) is 4.61. The molecule has 5 nitrogen and oxygen atoms in total. The smallest absolute Gasteiger partial charge is 0.326 e. The van der Waals surface area contributed by atoms with Crippen LogP contribution in [0, 0.1) is 0 Å². The van der Waals surface area contributed by atoms with Crippen molar-refractivity contribution in [1.82, 2.24) is 5.32 Å². The molecule has 1 aromatic rings. The molecule has 0 bridgehead atoms. The third kappa shape index (κ3) is 4.63. The number of carboxylic acid groups (broad SMARTS) is 1. The highest BCUT2D eigenvalue weighted by Crippen LogP contribution is 2.15. The second-order valence-corrected chi connectivity index (χ2v) is 4.61. The van der Waals surface area contributed by atoms with Crippen LogP contribution in [0.15, 0.2) is 36.9 Å². The van der Waals surface area contributed by atoms with Gasteiger partial charge in [0.2, 0.25) is 0 Å². The molecule has 114 valence electrons. The zero-order chi connectivity index (χ0) is 15.8. The van der Waals surface area contributed by atoms with Crippen molar-refractivity contribution in [3.63, 3.8) is 0 Å². The topological polar surface area (TPSA) is 69.6 Å². The summed E-state index contributed by atoms with van der Waals surface area (Å²) < 4.78 is 0. The van der Waals surface area contributed by atoms with Crippen LogP contribution < -0.4 is 10.2 Å². The first-order chi connectivity index (χ1) is 10.0. The number of rotatable bonds is 8. The summed E-state index contributed by atoms with van der Waals surface area (Å²) >= 11 is 0. The molecule has 5 heteroatoms. The van der Waals surface area contributed by atoms with Crippen LogP contribution in [0.1, 0.15) is 30.6 Å². The average Bonchev–Trinajstić information content (AvgIpc) is 2.48. The molecule has 1 aromatic carbocycles. The monoisotopic (exact) mass is 290 g/mol. The van der Waals surface area contributed by atoms with Gasteiger partial charge in [0.25, 0.3) is 5.91 Å². The van der Waals surface area contributed by atoms with Crippen LogP contribution in [0.25, 0.3) is 0 Å². The summed E-state index contributed by atoms with van der Waals surface area (Å²) in [6.07, 6.45) is 1.67. The van der Waals surface area contributed by atoms with E-state index >= 15 is 0 Å². The minimum Gasteiger partial charge on any atom is -0.480 e. The third-order valence-electron chi connectivity index (χ3n) is 3.26. The molecular formula is C16H22N2O3. The summed E-state index contributed by atoms with van der Waals surface area (Å²) in [6.45, 7) is 9.41. The van der Waals surface area contributed by atoms with E-state index in [0.29, 0.717) is 5.56 Å². The molecule has 1 atom stereocenters. The van der Waals surface area contributed by atoms with E-state index in [4.69, 9.17) is 5.11 Å². The van der Waals surface area contributed by atoms with Gasteiger partial charge in [-0.25, -0.2) is 4.79 Å². The number of aliphatic carboxylic acids is 1. The predicted octanol–water partition coefficient (Wildman–Crippen LogP) is 2.29. The Morgan fingerprint density at radius 3 is 2.29 bits per heavy atom. The van der Waals surface area contributed by atoms with Crippen LogP contribution in [0.5, 0.6) is 0 Å². The zero-order valence-corrected chi connectivity index (χ0v) is 12.5. The number of nitrogens with zero attached hydrogens (tertiary/aromatic N) is 1. The van der Waals surface area contributed by atoms with Crippen molar-refractivity contribution in [3.8, 4) is 0 Å². The van der Waals surface area contributed by atoms with Gasteiger partial charge in [-0.15, -0.1) is 6.58 Å². The Morgan fingerprint density at radius 1 is 1.29 bits per heavy atom. The van der Waals surface area contributed by atoms with Crippen LogP contribution in [0.3, 0.4) is 0 Å². The van der Waals surface area contributed by atoms with Crippen LogP contribution in [0.4, 0.5) is 5.69 Å². The molecule has 0 saturated heterocycles. The summed E-state index contributed by atoms with van der Waals surface area (Å²) in [5, 5.41) is 11.5. The molecule has 0 aromatic heterocycles. The fraction of sp³-hybridized carbons (Fsp3) is 0.375. The van der Waals surface area contributed by atoms with E-state index in [-0.39, 0.29) is 6.42 Å². The van der Waals surface area contributed by atoms with Crippen molar-refractivity contribution in [2.45, 2.75) is 26.3 Å². The van der Waals surface area contributed by atoms with Gasteiger partial charge in [0.15, 0.2) is 0 Å². The van der Waals surface area contributed by atoms with E-state index in [1.807, 2.05) is 12.1 Å². The van der Waals surface area contributed by atoms with E-state index in [1.54, 1.807) is 12.1 Å². The lowest BCUT2D eigenvalue weighted by Crippen LogP contribution is -2.40. The summed E-state index contributed by atoms with van der Waals surface area (Å²) in [4.78, 5) is 25.2. The van der Waals surface area contributed by atoms with Gasteiger partial charge >= 0.3 is 5.97 Å². The molecule has 0 aliphatic carbocycles. The van der Waals surface area contributed by atoms with Crippen LogP contribution in [-0.2, 0) is 4.79 Å². The molecule has 0 aliphatic heterocycles. The van der Waals surface area contributed by atoms with Gasteiger partial charge in [-0.3, -0.25) is 4.79 Å². The van der Waals surface area contributed by atoms with E-state index < -0.39 is 17.9 Å². The van der Waals surface area contributed by atoms with E-state index in [2.05, 4.69) is 30.6 Å². The Bertz CT molecular complexity index is 493. The first-order valence-electron chi connectivity index (χ1n) is 7.03. The number of carboxylic acids is 1. The minimum atomic E-state index is -1.07. The van der Waals surface area contributed by atoms with Gasteiger partial charge in [-0.1, -0.05) is 6.08 Å². The Balaban J connectivity index is 2.79. The summed E-state index contributed by atoms with van der Waals surface area (Å²) in [7, 11) is 0. The van der Waals surface area contributed by atoms with Crippen LogP contribution >= 0.6 is 0 Å². The normalized spacial score (nSPS) is 11.5. The first-order valence-corrected chi connectivity index (χ1v) is 7.03. The van der Waals surface area contributed by atoms with Crippen molar-refractivity contribution >= 4 is 17.6 Å². The number of nitrogens with one attached hydrogen (secondary N) is 1. The van der Waals surface area contributed by atoms with E-state index in [1.165, 1.54) is 6.08 Å². The Hall–Kier alpha value is -2.30. The third-order valence-corrected chi connectivity index (χ3v) is 3.26. The maximum Gasteiger partial charge on any atom is 0.326 e. The highest BCUT2D eigenvalue weighted by atomic mass is 16.4. The van der Waals surface area contributed by atoms with Crippen molar-refractivity contribution in [1.29, 1.82) is 0 Å². The van der Waals surface area contributed by atoms with Crippen molar-refractivity contribution in [3.05, 3.63) is 42.5 Å². The molecule has 0 radical (unpaired) electrons. The number of carbonyl (C=O) groups is 2. The summed E-state index contributed by atoms with van der Waals surface area (Å²) in [5.41, 5.74) is 1.48. The van der Waals surface area contributed by atoms with Crippen LogP contribution in [-0.4, -0.2) is 36.1 Å². The largest absolute Gasteiger partial charge is 0.480 e. The van der Waals surface area contributed by atoms with Crippen molar-refractivity contribution < 1.29 is 14.7 Å². The second kappa shape index (κ2) is 8.09. The molecular weight excluding hydrogens is 268 g/mol. The minimum absolute atomic E-state index is 0.193. The Morgan fingerprint density at radius 2 is 1.86 bits per heavy atom. The highest BCUT2D eigenvalue weighted by Gasteiger charge is 2.19. The van der Waals surface area contributed by atoms with E-state index in [0.717, 1.165) is 18.8 Å². The molecule has 0 spiro atoms. The molecule has 21 heavy (non-hydrogen) atoms. The lowest BCUT2D eigenvalue weighted by molar-refractivity contribution is -0.139. The number of amides is 1. The first kappa shape index (κ1) is 16.8. The average molecular weight is 290 g/mol. The molecule has 0 heterocycles. The van der Waals surface area contributed by atoms with E-state index in [9.17, 15) is 9.59 Å². The molecule has 0 fully saturated rings. The SMILES string of the molecule is C=CCC(NC(=O)c1ccc(N(CC)CC)cc1)C(=O)O. The summed E-state index contributed by atoms with van der Waals surface area (Å²) in [5.74, 6) is -1.46.